The molecule has 1 aromatic heterocycles. The van der Waals surface area contributed by atoms with Gasteiger partial charge in [0.1, 0.15) is 5.60 Å². The standard InChI is InChI=1S/C17H19ClN2O4/c1-9(19-16(23)24-17(2,3)4)13-11(15(21)22)8-10-6-5-7-12(18)14(10)20-13/h5-9H,1-4H3,(H,19,23)(H,21,22). The van der Waals surface area contributed by atoms with Gasteiger partial charge in [0.25, 0.3) is 0 Å². The Hall–Kier alpha value is -2.34. The quantitative estimate of drug-likeness (QED) is 0.867. The predicted molar refractivity (Wildman–Crippen MR) is 91.5 cm³/mol. The molecule has 1 amide bonds. The van der Waals surface area contributed by atoms with Crippen molar-refractivity contribution in [2.45, 2.75) is 39.3 Å². The molecule has 128 valence electrons. The summed E-state index contributed by atoms with van der Waals surface area (Å²) in [7, 11) is 0. The van der Waals surface area contributed by atoms with Crippen molar-refractivity contribution >= 4 is 34.6 Å². The minimum absolute atomic E-state index is 0.00771. The Labute approximate surface area is 144 Å². The number of halogens is 1. The van der Waals surface area contributed by atoms with Gasteiger partial charge in [0.15, 0.2) is 0 Å². The van der Waals surface area contributed by atoms with Crippen molar-refractivity contribution < 1.29 is 19.4 Å². The van der Waals surface area contributed by atoms with E-state index < -0.39 is 23.7 Å². The van der Waals surface area contributed by atoms with E-state index in [1.54, 1.807) is 45.9 Å². The molecular weight excluding hydrogens is 332 g/mol. The molecule has 0 bridgehead atoms. The fourth-order valence-corrected chi connectivity index (χ4v) is 2.45. The van der Waals surface area contributed by atoms with Crippen LogP contribution in [-0.2, 0) is 4.74 Å². The highest BCUT2D eigenvalue weighted by Crippen LogP contribution is 2.26. The summed E-state index contributed by atoms with van der Waals surface area (Å²) in [6.07, 6.45) is -0.646. The summed E-state index contributed by atoms with van der Waals surface area (Å²) in [6.45, 7) is 6.87. The van der Waals surface area contributed by atoms with Gasteiger partial charge in [-0.25, -0.2) is 14.6 Å². The molecule has 1 aromatic carbocycles. The second kappa shape index (κ2) is 6.65. The highest BCUT2D eigenvalue weighted by molar-refractivity contribution is 6.35. The number of nitrogens with one attached hydrogen (secondary N) is 1. The summed E-state index contributed by atoms with van der Waals surface area (Å²) in [5.41, 5.74) is 0.0545. The Balaban J connectivity index is 2.42. The molecule has 0 fully saturated rings. The molecule has 2 N–H and O–H groups in total. The topological polar surface area (TPSA) is 88.5 Å². The molecular formula is C17H19ClN2O4. The molecule has 0 aliphatic heterocycles. The lowest BCUT2D eigenvalue weighted by molar-refractivity contribution is 0.0503. The number of carboxylic acids is 1. The van der Waals surface area contributed by atoms with E-state index in [1.807, 2.05) is 0 Å². The third-order valence-electron chi connectivity index (χ3n) is 3.20. The number of carbonyl (C=O) groups is 2. The number of aromatic carboxylic acids is 1. The molecule has 2 aromatic rings. The number of carbonyl (C=O) groups excluding carboxylic acids is 1. The molecule has 0 spiro atoms. The first-order valence-corrected chi connectivity index (χ1v) is 7.78. The van der Waals surface area contributed by atoms with Crippen LogP contribution in [0.1, 0.15) is 49.8 Å². The second-order valence-electron chi connectivity index (χ2n) is 6.41. The van der Waals surface area contributed by atoms with E-state index in [9.17, 15) is 14.7 Å². The summed E-state index contributed by atoms with van der Waals surface area (Å²) in [4.78, 5) is 27.8. The van der Waals surface area contributed by atoms with Crippen molar-refractivity contribution in [3.8, 4) is 0 Å². The van der Waals surface area contributed by atoms with Gasteiger partial charge >= 0.3 is 12.1 Å². The molecule has 7 heteroatoms. The van der Waals surface area contributed by atoms with Gasteiger partial charge in [0, 0.05) is 5.39 Å². The van der Waals surface area contributed by atoms with E-state index in [0.29, 0.717) is 15.9 Å². The second-order valence-corrected chi connectivity index (χ2v) is 6.81. The Morgan fingerprint density at radius 2 is 2.00 bits per heavy atom. The van der Waals surface area contributed by atoms with Gasteiger partial charge in [-0.3, -0.25) is 0 Å². The molecule has 24 heavy (non-hydrogen) atoms. The fraction of sp³-hybridized carbons (Fsp3) is 0.353. The SMILES string of the molecule is CC(NC(=O)OC(C)(C)C)c1nc2c(Cl)cccc2cc1C(=O)O. The van der Waals surface area contributed by atoms with Gasteiger partial charge < -0.3 is 15.2 Å². The van der Waals surface area contributed by atoms with Gasteiger partial charge in [-0.15, -0.1) is 0 Å². The maximum atomic E-state index is 11.9. The zero-order valence-electron chi connectivity index (χ0n) is 13.9. The highest BCUT2D eigenvalue weighted by atomic mass is 35.5. The number of hydrogen-bond acceptors (Lipinski definition) is 4. The third-order valence-corrected chi connectivity index (χ3v) is 3.50. The highest BCUT2D eigenvalue weighted by Gasteiger charge is 2.23. The van der Waals surface area contributed by atoms with Gasteiger partial charge in [-0.1, -0.05) is 23.7 Å². The molecule has 0 aliphatic rings. The Morgan fingerprint density at radius 1 is 1.33 bits per heavy atom. The number of benzene rings is 1. The number of hydrogen-bond donors (Lipinski definition) is 2. The van der Waals surface area contributed by atoms with Crippen molar-refractivity contribution in [2.24, 2.45) is 0 Å². The smallest absolute Gasteiger partial charge is 0.408 e. The van der Waals surface area contributed by atoms with Crippen LogP contribution >= 0.6 is 11.6 Å². The van der Waals surface area contributed by atoms with Crippen molar-refractivity contribution in [3.63, 3.8) is 0 Å². The largest absolute Gasteiger partial charge is 0.478 e. The van der Waals surface area contributed by atoms with Crippen molar-refractivity contribution in [2.75, 3.05) is 0 Å². The number of amides is 1. The van der Waals surface area contributed by atoms with Crippen LogP contribution in [0.25, 0.3) is 10.9 Å². The zero-order chi connectivity index (χ0) is 18.1. The van der Waals surface area contributed by atoms with Crippen LogP contribution in [0.5, 0.6) is 0 Å². The summed E-state index contributed by atoms with van der Waals surface area (Å²) in [5.74, 6) is -1.13. The summed E-state index contributed by atoms with van der Waals surface area (Å²) in [5, 5.41) is 13.1. The van der Waals surface area contributed by atoms with E-state index in [-0.39, 0.29) is 11.3 Å². The molecule has 0 saturated heterocycles. The Morgan fingerprint density at radius 3 is 2.58 bits per heavy atom. The number of fused-ring (bicyclic) bond motifs is 1. The van der Waals surface area contributed by atoms with Gasteiger partial charge in [-0.2, -0.15) is 0 Å². The lowest BCUT2D eigenvalue weighted by atomic mass is 10.0. The van der Waals surface area contributed by atoms with Gasteiger partial charge in [0.2, 0.25) is 0 Å². The van der Waals surface area contributed by atoms with Crippen LogP contribution in [-0.4, -0.2) is 27.8 Å². The van der Waals surface area contributed by atoms with Crippen LogP contribution < -0.4 is 5.32 Å². The summed E-state index contributed by atoms with van der Waals surface area (Å²) < 4.78 is 5.19. The van der Waals surface area contributed by atoms with Crippen LogP contribution in [0.2, 0.25) is 5.02 Å². The predicted octanol–water partition coefficient (Wildman–Crippen LogP) is 4.17. The monoisotopic (exact) mass is 350 g/mol. The lowest BCUT2D eigenvalue weighted by Crippen LogP contribution is -2.34. The summed E-state index contributed by atoms with van der Waals surface area (Å²) in [6, 6.07) is 5.97. The average molecular weight is 351 g/mol. The number of aromatic nitrogens is 1. The number of para-hydroxylation sites is 1. The molecule has 6 nitrogen and oxygen atoms in total. The van der Waals surface area contributed by atoms with E-state index in [2.05, 4.69) is 10.3 Å². The van der Waals surface area contributed by atoms with Crippen molar-refractivity contribution in [1.82, 2.24) is 10.3 Å². The van der Waals surface area contributed by atoms with Gasteiger partial charge in [0.05, 0.1) is 27.8 Å². The number of alkyl carbamates (subject to hydrolysis) is 1. The number of pyridine rings is 1. The average Bonchev–Trinajstić information content (AvgIpc) is 2.44. The number of ether oxygens (including phenoxy) is 1. The van der Waals surface area contributed by atoms with Crippen molar-refractivity contribution in [3.05, 3.63) is 40.5 Å². The van der Waals surface area contributed by atoms with Crippen LogP contribution in [0.15, 0.2) is 24.3 Å². The minimum Gasteiger partial charge on any atom is -0.478 e. The Kier molecular flexibility index (Phi) is 4.99. The molecule has 1 unspecified atom stereocenters. The van der Waals surface area contributed by atoms with E-state index in [0.717, 1.165) is 0 Å². The van der Waals surface area contributed by atoms with Crippen LogP contribution in [0.3, 0.4) is 0 Å². The molecule has 2 rings (SSSR count). The zero-order valence-corrected chi connectivity index (χ0v) is 14.6. The molecule has 1 heterocycles. The molecule has 1 atom stereocenters. The normalized spacial score (nSPS) is 12.7. The van der Waals surface area contributed by atoms with E-state index >= 15 is 0 Å². The maximum absolute atomic E-state index is 11.9. The summed E-state index contributed by atoms with van der Waals surface area (Å²) >= 11 is 6.14. The number of rotatable bonds is 3. The number of carboxylic acid groups (broad SMARTS) is 1. The molecule has 0 radical (unpaired) electrons. The van der Waals surface area contributed by atoms with Crippen molar-refractivity contribution in [1.29, 1.82) is 0 Å². The van der Waals surface area contributed by atoms with Gasteiger partial charge in [-0.05, 0) is 39.8 Å². The van der Waals surface area contributed by atoms with Crippen LogP contribution in [0, 0.1) is 0 Å². The van der Waals surface area contributed by atoms with Crippen LogP contribution in [0.4, 0.5) is 4.79 Å². The first kappa shape index (κ1) is 18.0. The molecule has 0 saturated carbocycles. The maximum Gasteiger partial charge on any atom is 0.408 e. The first-order valence-electron chi connectivity index (χ1n) is 7.40. The lowest BCUT2D eigenvalue weighted by Gasteiger charge is -2.22. The first-order chi connectivity index (χ1) is 11.1. The Bertz CT molecular complexity index is 799. The third kappa shape index (κ3) is 4.14. The fourth-order valence-electron chi connectivity index (χ4n) is 2.23. The van der Waals surface area contributed by atoms with E-state index in [4.69, 9.17) is 16.3 Å². The van der Waals surface area contributed by atoms with E-state index in [1.165, 1.54) is 6.07 Å². The number of nitrogens with zero attached hydrogens (tertiary/aromatic N) is 1. The minimum atomic E-state index is -1.13. The molecule has 0 aliphatic carbocycles.